The largest absolute Gasteiger partial charge is 0.477 e. The van der Waals surface area contributed by atoms with E-state index in [4.69, 9.17) is 0 Å². The lowest BCUT2D eigenvalue weighted by Crippen LogP contribution is -2.60. The Hall–Kier alpha value is -1.45. The topological polar surface area (TPSA) is 86.7 Å². The van der Waals surface area contributed by atoms with Gasteiger partial charge in [-0.3, -0.25) is 9.69 Å². The van der Waals surface area contributed by atoms with Gasteiger partial charge in [0.2, 0.25) is 12.2 Å². The van der Waals surface area contributed by atoms with Crippen LogP contribution in [-0.4, -0.2) is 43.0 Å². The molecule has 3 aliphatic rings. The summed E-state index contributed by atoms with van der Waals surface area (Å²) >= 11 is 2.94. The number of rotatable bonds is 5. The fourth-order valence-corrected chi connectivity index (χ4v) is 6.92. The molecule has 1 aromatic heterocycles. The number of β-lactam (4-membered cyclic amide) rings is 1. The molecule has 0 radical (unpaired) electrons. The second-order valence-corrected chi connectivity index (χ2v) is 9.11. The van der Waals surface area contributed by atoms with E-state index in [1.165, 1.54) is 34.1 Å². The zero-order valence-electron chi connectivity index (χ0n) is 14.0. The van der Waals surface area contributed by atoms with Crippen LogP contribution in [0.4, 0.5) is 0 Å². The van der Waals surface area contributed by atoms with E-state index in [0.29, 0.717) is 4.24 Å². The smallest absolute Gasteiger partial charge is 0.354 e. The standard InChI is InChI=1S/C16H19N3O4S2/c1-3-17-6-9-10(4-5-18(9)7-17)24-16-12(15(22)23)19-13(21)11(8(2)20)14(19)25-16/h6-8,10-11,14,20H,3-5H2,1-2H3/p+1/t8-,10+,11+,14-/m1/s1. The quantitative estimate of drug-likeness (QED) is 0.587. The predicted octanol–water partition coefficient (Wildman–Crippen LogP) is 1.14. The minimum absolute atomic E-state index is 0.0790. The molecule has 0 saturated carbocycles. The van der Waals surface area contributed by atoms with Gasteiger partial charge in [0.05, 0.1) is 34.6 Å². The summed E-state index contributed by atoms with van der Waals surface area (Å²) in [5.74, 6) is -1.89. The number of aliphatic hydroxyl groups excluding tert-OH is 1. The van der Waals surface area contributed by atoms with Crippen LogP contribution in [0.15, 0.2) is 22.5 Å². The molecule has 25 heavy (non-hydrogen) atoms. The summed E-state index contributed by atoms with van der Waals surface area (Å²) in [7, 11) is 0. The zero-order valence-corrected chi connectivity index (χ0v) is 15.6. The minimum Gasteiger partial charge on any atom is -0.477 e. The van der Waals surface area contributed by atoms with Gasteiger partial charge in [0, 0.05) is 6.42 Å². The lowest BCUT2D eigenvalue weighted by molar-refractivity contribution is -0.693. The van der Waals surface area contributed by atoms with Gasteiger partial charge < -0.3 is 10.2 Å². The van der Waals surface area contributed by atoms with Crippen LogP contribution < -0.4 is 4.57 Å². The Balaban J connectivity index is 1.60. The summed E-state index contributed by atoms with van der Waals surface area (Å²) in [4.78, 5) is 25.3. The summed E-state index contributed by atoms with van der Waals surface area (Å²) in [6, 6.07) is 0. The molecule has 0 bridgehead atoms. The molecule has 4 atom stereocenters. The zero-order chi connectivity index (χ0) is 17.9. The van der Waals surface area contributed by atoms with Crippen molar-refractivity contribution in [1.29, 1.82) is 0 Å². The average molecular weight is 382 g/mol. The molecule has 3 aliphatic heterocycles. The molecule has 0 unspecified atom stereocenters. The molecule has 0 aromatic carbocycles. The number of amides is 1. The third kappa shape index (κ3) is 2.51. The van der Waals surface area contributed by atoms with E-state index in [-0.39, 0.29) is 22.2 Å². The minimum atomic E-state index is -1.08. The van der Waals surface area contributed by atoms with Crippen molar-refractivity contribution in [1.82, 2.24) is 9.47 Å². The first-order valence-corrected chi connectivity index (χ1v) is 10.1. The molecule has 1 saturated heterocycles. The summed E-state index contributed by atoms with van der Waals surface area (Å²) in [6.45, 7) is 5.49. The molecule has 9 heteroatoms. The van der Waals surface area contributed by atoms with Crippen molar-refractivity contribution in [3.8, 4) is 0 Å². The van der Waals surface area contributed by atoms with Crippen molar-refractivity contribution in [2.75, 3.05) is 0 Å². The van der Waals surface area contributed by atoms with Crippen LogP contribution >= 0.6 is 23.5 Å². The van der Waals surface area contributed by atoms with Crippen LogP contribution in [0.25, 0.3) is 0 Å². The van der Waals surface area contributed by atoms with Crippen LogP contribution in [0.3, 0.4) is 0 Å². The highest BCUT2D eigenvalue weighted by Gasteiger charge is 2.58. The number of hydrogen-bond donors (Lipinski definition) is 2. The second kappa shape index (κ2) is 6.07. The fraction of sp³-hybridized carbons (Fsp3) is 0.562. The van der Waals surface area contributed by atoms with Gasteiger partial charge in [-0.1, -0.05) is 11.8 Å². The first-order chi connectivity index (χ1) is 11.9. The average Bonchev–Trinajstić information content (AvgIpc) is 3.19. The monoisotopic (exact) mass is 382 g/mol. The van der Waals surface area contributed by atoms with Gasteiger partial charge in [0.15, 0.2) is 11.4 Å². The third-order valence-electron chi connectivity index (χ3n) is 4.96. The molecular formula is C16H20N3O4S2+. The Kier molecular flexibility index (Phi) is 4.12. The summed E-state index contributed by atoms with van der Waals surface area (Å²) in [5, 5.41) is 19.3. The first-order valence-electron chi connectivity index (χ1n) is 8.33. The van der Waals surface area contributed by atoms with Gasteiger partial charge in [-0.15, -0.1) is 11.8 Å². The van der Waals surface area contributed by atoms with Crippen LogP contribution in [0, 0.1) is 5.92 Å². The SMILES string of the molecule is CC[n+]1cc2n(c1)CC[C@@H]2SC1=C(C(=O)O)N2C(=O)[C@H]([C@@H](C)O)[C@H]2S1. The van der Waals surface area contributed by atoms with Crippen molar-refractivity contribution in [2.24, 2.45) is 5.92 Å². The maximum absolute atomic E-state index is 12.3. The molecule has 0 spiro atoms. The lowest BCUT2D eigenvalue weighted by Gasteiger charge is -2.43. The van der Waals surface area contributed by atoms with Crippen molar-refractivity contribution >= 4 is 35.4 Å². The van der Waals surface area contributed by atoms with Crippen molar-refractivity contribution < 1.29 is 24.4 Å². The Bertz CT molecular complexity index is 788. The number of carbonyl (C=O) groups excluding carboxylic acids is 1. The van der Waals surface area contributed by atoms with E-state index in [1.807, 2.05) is 0 Å². The van der Waals surface area contributed by atoms with Gasteiger partial charge in [-0.25, -0.2) is 13.9 Å². The molecule has 2 N–H and O–H groups in total. The highest BCUT2D eigenvalue weighted by Crippen LogP contribution is 2.57. The van der Waals surface area contributed by atoms with Gasteiger partial charge in [-0.05, 0) is 13.8 Å². The Labute approximate surface area is 153 Å². The number of aliphatic carboxylic acids is 1. The summed E-state index contributed by atoms with van der Waals surface area (Å²) in [5.41, 5.74) is 1.27. The van der Waals surface area contributed by atoms with Crippen LogP contribution in [0.5, 0.6) is 0 Å². The number of imidazole rings is 1. The Morgan fingerprint density at radius 2 is 2.32 bits per heavy atom. The number of thioether (sulfide) groups is 2. The number of carboxylic acids is 1. The first kappa shape index (κ1) is 17.0. The number of carbonyl (C=O) groups is 2. The normalized spacial score (nSPS) is 28.8. The molecule has 1 aromatic rings. The maximum Gasteiger partial charge on any atom is 0.354 e. The molecule has 4 rings (SSSR count). The number of nitrogens with zero attached hydrogens (tertiary/aromatic N) is 3. The fourth-order valence-electron chi connectivity index (χ4n) is 3.64. The predicted molar refractivity (Wildman–Crippen MR) is 93.3 cm³/mol. The van der Waals surface area contributed by atoms with E-state index in [1.54, 1.807) is 6.92 Å². The van der Waals surface area contributed by atoms with Gasteiger partial charge >= 0.3 is 5.97 Å². The molecular weight excluding hydrogens is 362 g/mol. The van der Waals surface area contributed by atoms with Crippen LogP contribution in [0.2, 0.25) is 0 Å². The summed E-state index contributed by atoms with van der Waals surface area (Å²) in [6.07, 6.45) is 4.38. The van der Waals surface area contributed by atoms with E-state index < -0.39 is 18.0 Å². The van der Waals surface area contributed by atoms with Crippen LogP contribution in [-0.2, 0) is 22.7 Å². The highest BCUT2D eigenvalue weighted by molar-refractivity contribution is 8.22. The second-order valence-electron chi connectivity index (χ2n) is 6.51. The third-order valence-corrected chi connectivity index (χ3v) is 7.86. The molecule has 134 valence electrons. The molecule has 0 aliphatic carbocycles. The number of aliphatic hydroxyl groups is 1. The Morgan fingerprint density at radius 3 is 2.96 bits per heavy atom. The number of carboxylic acid groups (broad SMARTS) is 1. The number of fused-ring (bicyclic) bond motifs is 2. The van der Waals surface area contributed by atoms with Crippen molar-refractivity contribution in [3.63, 3.8) is 0 Å². The molecule has 1 fully saturated rings. The highest BCUT2D eigenvalue weighted by atomic mass is 32.2. The van der Waals surface area contributed by atoms with Crippen LogP contribution in [0.1, 0.15) is 31.2 Å². The van der Waals surface area contributed by atoms with E-state index in [2.05, 4.69) is 28.6 Å². The van der Waals surface area contributed by atoms with E-state index in [9.17, 15) is 19.8 Å². The number of aryl methyl sites for hydroxylation is 2. The van der Waals surface area contributed by atoms with Crippen molar-refractivity contribution in [2.45, 2.75) is 50.1 Å². The van der Waals surface area contributed by atoms with Gasteiger partial charge in [0.25, 0.3) is 0 Å². The van der Waals surface area contributed by atoms with E-state index >= 15 is 0 Å². The maximum atomic E-state index is 12.3. The van der Waals surface area contributed by atoms with Gasteiger partial charge in [0.1, 0.15) is 11.6 Å². The lowest BCUT2D eigenvalue weighted by atomic mass is 9.92. The molecule has 4 heterocycles. The summed E-state index contributed by atoms with van der Waals surface area (Å²) < 4.78 is 5.01. The van der Waals surface area contributed by atoms with Gasteiger partial charge in [-0.2, -0.15) is 0 Å². The Morgan fingerprint density at radius 1 is 1.56 bits per heavy atom. The van der Waals surface area contributed by atoms with Crippen molar-refractivity contribution in [3.05, 3.63) is 28.2 Å². The number of hydrogen-bond acceptors (Lipinski definition) is 5. The molecule has 1 amide bonds. The van der Waals surface area contributed by atoms with E-state index in [0.717, 1.165) is 19.5 Å². The number of aromatic nitrogens is 2. The molecule has 7 nitrogen and oxygen atoms in total.